The van der Waals surface area contributed by atoms with Crippen molar-refractivity contribution in [3.63, 3.8) is 0 Å². The van der Waals surface area contributed by atoms with Crippen molar-refractivity contribution in [2.45, 2.75) is 52.9 Å². The molecule has 4 atom stereocenters. The van der Waals surface area contributed by atoms with Gasteiger partial charge in [-0.05, 0) is 29.6 Å². The maximum atomic E-state index is 12.0. The molecule has 92 valence electrons. The predicted molar refractivity (Wildman–Crippen MR) is 64.0 cm³/mol. The predicted octanol–water partition coefficient (Wildman–Crippen LogP) is 2.79. The minimum Gasteiger partial charge on any atom is -0.396 e. The van der Waals surface area contributed by atoms with Crippen LogP contribution in [0.1, 0.15) is 52.9 Å². The topological polar surface area (TPSA) is 37.3 Å². The van der Waals surface area contributed by atoms with Crippen LogP contribution in [0.4, 0.5) is 0 Å². The molecule has 0 bridgehead atoms. The minimum absolute atomic E-state index is 0.0226. The van der Waals surface area contributed by atoms with Crippen molar-refractivity contribution in [2.24, 2.45) is 22.7 Å². The highest BCUT2D eigenvalue weighted by molar-refractivity contribution is 5.83. The summed E-state index contributed by atoms with van der Waals surface area (Å²) in [5, 5.41) is 9.55. The molecule has 0 aliphatic heterocycles. The number of aliphatic hydroxyl groups is 1. The Hall–Kier alpha value is -0.370. The lowest BCUT2D eigenvalue weighted by molar-refractivity contribution is -0.156. The van der Waals surface area contributed by atoms with Crippen molar-refractivity contribution >= 4 is 5.78 Å². The zero-order valence-electron chi connectivity index (χ0n) is 10.8. The van der Waals surface area contributed by atoms with Gasteiger partial charge in [0.2, 0.25) is 0 Å². The molecular formula is C14H24O2. The van der Waals surface area contributed by atoms with Crippen LogP contribution in [0.25, 0.3) is 0 Å². The molecule has 2 fully saturated rings. The first-order valence-electron chi connectivity index (χ1n) is 6.59. The van der Waals surface area contributed by atoms with Crippen LogP contribution in [0.3, 0.4) is 0 Å². The highest BCUT2D eigenvalue weighted by Gasteiger charge is 2.57. The number of rotatable bonds is 1. The Balaban J connectivity index is 2.40. The van der Waals surface area contributed by atoms with E-state index in [0.29, 0.717) is 12.3 Å². The first-order chi connectivity index (χ1) is 7.45. The van der Waals surface area contributed by atoms with E-state index >= 15 is 0 Å². The van der Waals surface area contributed by atoms with Crippen LogP contribution in [-0.4, -0.2) is 17.5 Å². The third kappa shape index (κ3) is 1.38. The van der Waals surface area contributed by atoms with Crippen LogP contribution in [0, 0.1) is 22.7 Å². The van der Waals surface area contributed by atoms with E-state index in [-0.39, 0.29) is 29.1 Å². The molecule has 0 radical (unpaired) electrons. The number of ketones is 1. The molecule has 1 N–H and O–H groups in total. The van der Waals surface area contributed by atoms with Gasteiger partial charge in [0.05, 0.1) is 6.61 Å². The summed E-state index contributed by atoms with van der Waals surface area (Å²) in [4.78, 5) is 12.0. The highest BCUT2D eigenvalue weighted by Crippen LogP contribution is 2.62. The monoisotopic (exact) mass is 224 g/mol. The summed E-state index contributed by atoms with van der Waals surface area (Å²) >= 11 is 0. The van der Waals surface area contributed by atoms with Crippen LogP contribution in [0.2, 0.25) is 0 Å². The molecule has 0 spiro atoms. The van der Waals surface area contributed by atoms with E-state index < -0.39 is 0 Å². The largest absolute Gasteiger partial charge is 0.396 e. The zero-order chi connectivity index (χ0) is 12.0. The molecule has 0 heterocycles. The number of carbonyl (C=O) groups is 1. The summed E-state index contributed by atoms with van der Waals surface area (Å²) in [5.41, 5.74) is 0.265. The fourth-order valence-corrected chi connectivity index (χ4v) is 4.26. The maximum absolute atomic E-state index is 12.0. The van der Waals surface area contributed by atoms with Gasteiger partial charge in [-0.3, -0.25) is 4.79 Å². The first kappa shape index (κ1) is 12.1. The number of fused-ring (bicyclic) bond motifs is 1. The maximum Gasteiger partial charge on any atom is 0.138 e. The van der Waals surface area contributed by atoms with Crippen LogP contribution in [0.15, 0.2) is 0 Å². The van der Waals surface area contributed by atoms with Crippen LogP contribution in [0.5, 0.6) is 0 Å². The van der Waals surface area contributed by atoms with E-state index in [2.05, 4.69) is 20.8 Å². The van der Waals surface area contributed by atoms with E-state index in [0.717, 1.165) is 12.8 Å². The Kier molecular flexibility index (Phi) is 2.90. The average Bonchev–Trinajstić information content (AvgIpc) is 2.23. The summed E-state index contributed by atoms with van der Waals surface area (Å²) in [7, 11) is 0. The smallest absolute Gasteiger partial charge is 0.138 e. The molecule has 0 unspecified atom stereocenters. The molecule has 0 saturated heterocycles. The summed E-state index contributed by atoms with van der Waals surface area (Å²) in [6.07, 6.45) is 5.27. The Morgan fingerprint density at radius 1 is 1.31 bits per heavy atom. The molecular weight excluding hydrogens is 200 g/mol. The number of Topliss-reactive ketones (excluding diaryl/α,β-unsaturated/α-hetero) is 1. The fourth-order valence-electron chi connectivity index (χ4n) is 4.26. The molecule has 0 amide bonds. The second-order valence-corrected chi connectivity index (χ2v) is 6.33. The molecule has 2 aliphatic rings. The van der Waals surface area contributed by atoms with Crippen molar-refractivity contribution in [2.75, 3.05) is 6.61 Å². The third-order valence-corrected chi connectivity index (χ3v) is 5.96. The van der Waals surface area contributed by atoms with Crippen LogP contribution in [-0.2, 0) is 4.79 Å². The third-order valence-electron chi connectivity index (χ3n) is 5.96. The quantitative estimate of drug-likeness (QED) is 0.743. The second-order valence-electron chi connectivity index (χ2n) is 6.33. The normalized spacial score (nSPS) is 48.9. The van der Waals surface area contributed by atoms with Gasteiger partial charge in [-0.1, -0.05) is 33.6 Å². The Bertz CT molecular complexity index is 299. The lowest BCUT2D eigenvalue weighted by atomic mass is 9.45. The molecule has 2 nitrogen and oxygen atoms in total. The fraction of sp³-hybridized carbons (Fsp3) is 0.929. The van der Waals surface area contributed by atoms with Gasteiger partial charge in [0, 0.05) is 12.3 Å². The van der Waals surface area contributed by atoms with Gasteiger partial charge < -0.3 is 5.11 Å². The molecule has 0 aromatic rings. The van der Waals surface area contributed by atoms with Gasteiger partial charge in [0.1, 0.15) is 5.78 Å². The van der Waals surface area contributed by atoms with Gasteiger partial charge in [-0.25, -0.2) is 0 Å². The Morgan fingerprint density at radius 3 is 2.62 bits per heavy atom. The molecule has 2 heteroatoms. The summed E-state index contributed by atoms with van der Waals surface area (Å²) < 4.78 is 0. The van der Waals surface area contributed by atoms with E-state index in [1.807, 2.05) is 0 Å². The molecule has 16 heavy (non-hydrogen) atoms. The summed E-state index contributed by atoms with van der Waals surface area (Å²) in [6, 6.07) is 0. The Labute approximate surface area is 98.4 Å². The van der Waals surface area contributed by atoms with Crippen molar-refractivity contribution in [1.29, 1.82) is 0 Å². The van der Waals surface area contributed by atoms with Crippen molar-refractivity contribution < 1.29 is 9.90 Å². The summed E-state index contributed by atoms with van der Waals surface area (Å²) in [6.45, 7) is 6.94. The van der Waals surface area contributed by atoms with E-state index in [1.165, 1.54) is 12.8 Å². The first-order valence-corrected chi connectivity index (χ1v) is 6.59. The van der Waals surface area contributed by atoms with E-state index in [1.54, 1.807) is 0 Å². The van der Waals surface area contributed by atoms with Crippen LogP contribution >= 0.6 is 0 Å². The number of hydrogen-bond acceptors (Lipinski definition) is 2. The SMILES string of the molecule is C[C@H]1CCC[C@]2(C)[C@@H](CO)C(=O)CC[C@]12C. The van der Waals surface area contributed by atoms with Crippen molar-refractivity contribution in [3.8, 4) is 0 Å². The second kappa shape index (κ2) is 3.83. The highest BCUT2D eigenvalue weighted by atomic mass is 16.3. The van der Waals surface area contributed by atoms with Gasteiger partial charge in [0.15, 0.2) is 0 Å². The Morgan fingerprint density at radius 2 is 2.00 bits per heavy atom. The van der Waals surface area contributed by atoms with Crippen LogP contribution < -0.4 is 0 Å². The van der Waals surface area contributed by atoms with E-state index in [4.69, 9.17) is 0 Å². The molecule has 2 saturated carbocycles. The number of carbonyl (C=O) groups excluding carboxylic acids is 1. The van der Waals surface area contributed by atoms with Crippen molar-refractivity contribution in [1.82, 2.24) is 0 Å². The van der Waals surface area contributed by atoms with Gasteiger partial charge in [-0.2, -0.15) is 0 Å². The zero-order valence-corrected chi connectivity index (χ0v) is 10.8. The molecule has 0 aromatic carbocycles. The molecule has 2 rings (SSSR count). The summed E-state index contributed by atoms with van der Waals surface area (Å²) in [5.74, 6) is 0.846. The lowest BCUT2D eigenvalue weighted by Gasteiger charge is -2.59. The van der Waals surface area contributed by atoms with E-state index in [9.17, 15) is 9.90 Å². The van der Waals surface area contributed by atoms with Gasteiger partial charge in [0.25, 0.3) is 0 Å². The molecule has 0 aromatic heterocycles. The van der Waals surface area contributed by atoms with Gasteiger partial charge >= 0.3 is 0 Å². The number of aliphatic hydroxyl groups excluding tert-OH is 1. The van der Waals surface area contributed by atoms with Crippen molar-refractivity contribution in [3.05, 3.63) is 0 Å². The number of hydrogen-bond donors (Lipinski definition) is 1. The lowest BCUT2D eigenvalue weighted by Crippen LogP contribution is -2.56. The van der Waals surface area contributed by atoms with Gasteiger partial charge in [-0.15, -0.1) is 0 Å². The standard InChI is InChI=1S/C14H24O2/c1-10-5-4-7-14(3)11(9-15)12(16)6-8-13(10,14)2/h10-11,15H,4-9H2,1-3H3/t10-,11-,13+,14+/m0/s1. The molecule has 2 aliphatic carbocycles. The minimum atomic E-state index is -0.117. The average molecular weight is 224 g/mol.